The van der Waals surface area contributed by atoms with Crippen molar-refractivity contribution < 1.29 is 0 Å². The van der Waals surface area contributed by atoms with Gasteiger partial charge in [0.15, 0.2) is 0 Å². The molecule has 4 aromatic rings. The summed E-state index contributed by atoms with van der Waals surface area (Å²) in [5.41, 5.74) is 13.3. The summed E-state index contributed by atoms with van der Waals surface area (Å²) >= 11 is 3.40. The number of anilines is 7. The van der Waals surface area contributed by atoms with E-state index in [0.29, 0.717) is 0 Å². The molecule has 0 heterocycles. The topological polar surface area (TPSA) is 51.0 Å². The number of nitrogens with zero attached hydrogens (tertiary/aromatic N) is 4. The first-order valence-electron chi connectivity index (χ1n) is 12.7. The summed E-state index contributed by atoms with van der Waals surface area (Å²) in [6.07, 6.45) is 0. The summed E-state index contributed by atoms with van der Waals surface area (Å²) in [4.78, 5) is 8.30. The molecule has 208 valence electrons. The fourth-order valence-corrected chi connectivity index (χ4v) is 3.83. The smallest absolute Gasteiger partial charge is 0.0405 e. The highest BCUT2D eigenvalue weighted by Crippen LogP contribution is 2.24. The van der Waals surface area contributed by atoms with E-state index in [2.05, 4.69) is 96.6 Å². The van der Waals surface area contributed by atoms with Gasteiger partial charge in [-0.15, -0.1) is 0 Å². The van der Waals surface area contributed by atoms with Gasteiger partial charge in [0.1, 0.15) is 0 Å². The number of nitrogens with two attached hydrogens (primary N) is 1. The second kappa shape index (κ2) is 15.5. The second-order valence-corrected chi connectivity index (χ2v) is 10.8. The van der Waals surface area contributed by atoms with Gasteiger partial charge in [-0.3, -0.25) is 0 Å². The Kier molecular flexibility index (Phi) is 12.5. The molecule has 0 aliphatic rings. The van der Waals surface area contributed by atoms with E-state index in [1.54, 1.807) is 0 Å². The monoisotopic (exact) mass is 590 g/mol. The minimum atomic E-state index is 0.811. The van der Waals surface area contributed by atoms with E-state index in [1.807, 2.05) is 97.7 Å². The van der Waals surface area contributed by atoms with Gasteiger partial charge in [-0.05, 0) is 72.8 Å². The Hall–Kier alpha value is -3.84. The number of halogens is 1. The van der Waals surface area contributed by atoms with Crippen molar-refractivity contribution >= 4 is 55.7 Å². The van der Waals surface area contributed by atoms with Gasteiger partial charge in [-0.25, -0.2) is 0 Å². The van der Waals surface area contributed by atoms with Crippen LogP contribution in [0, 0.1) is 0 Å². The lowest BCUT2D eigenvalue weighted by molar-refractivity contribution is 1.13. The molecule has 0 radical (unpaired) electrons. The number of rotatable bonds is 6. The van der Waals surface area contributed by atoms with Gasteiger partial charge in [-0.1, -0.05) is 40.2 Å². The molecule has 7 heteroatoms. The maximum atomic E-state index is 5.57. The van der Waals surface area contributed by atoms with E-state index in [-0.39, 0.29) is 0 Å². The molecule has 0 bridgehead atoms. The van der Waals surface area contributed by atoms with Gasteiger partial charge < -0.3 is 30.7 Å². The van der Waals surface area contributed by atoms with Gasteiger partial charge in [-0.2, -0.15) is 0 Å². The SMILES string of the molecule is CN(C)c1cccc(Br)c1.CN(C)c1cccc(N)c1.CN(C)c1cccc(Nc2cccc(N(C)C)c2)c1. The van der Waals surface area contributed by atoms with Crippen molar-refractivity contribution in [3.63, 3.8) is 0 Å². The minimum absolute atomic E-state index is 0.811. The molecule has 0 saturated carbocycles. The molecule has 4 rings (SSSR count). The largest absolute Gasteiger partial charge is 0.399 e. The summed E-state index contributed by atoms with van der Waals surface area (Å²) in [5.74, 6) is 0. The van der Waals surface area contributed by atoms with Crippen molar-refractivity contribution in [1.82, 2.24) is 0 Å². The van der Waals surface area contributed by atoms with Crippen LogP contribution in [0.3, 0.4) is 0 Å². The summed E-state index contributed by atoms with van der Waals surface area (Å²) in [6.45, 7) is 0. The van der Waals surface area contributed by atoms with Crippen LogP contribution in [0.25, 0.3) is 0 Å². The lowest BCUT2D eigenvalue weighted by atomic mass is 10.2. The van der Waals surface area contributed by atoms with E-state index in [4.69, 9.17) is 5.73 Å². The van der Waals surface area contributed by atoms with Crippen LogP contribution < -0.4 is 30.7 Å². The second-order valence-electron chi connectivity index (χ2n) is 9.88. The first kappa shape index (κ1) is 31.4. The molecule has 0 unspecified atom stereocenters. The van der Waals surface area contributed by atoms with Crippen molar-refractivity contribution in [2.45, 2.75) is 0 Å². The third kappa shape index (κ3) is 11.2. The predicted octanol–water partition coefficient (Wildman–Crippen LogP) is 7.41. The molecule has 0 aromatic heterocycles. The van der Waals surface area contributed by atoms with Crippen LogP contribution in [0.2, 0.25) is 0 Å². The Morgan fingerprint density at radius 2 is 0.846 bits per heavy atom. The van der Waals surface area contributed by atoms with E-state index in [9.17, 15) is 0 Å². The average molecular weight is 592 g/mol. The summed E-state index contributed by atoms with van der Waals surface area (Å²) in [6, 6.07) is 32.8. The third-order valence-corrected chi connectivity index (χ3v) is 6.22. The maximum Gasteiger partial charge on any atom is 0.0405 e. The molecule has 0 fully saturated rings. The van der Waals surface area contributed by atoms with E-state index >= 15 is 0 Å². The fraction of sp³-hybridized carbons (Fsp3) is 0.250. The maximum absolute atomic E-state index is 5.57. The van der Waals surface area contributed by atoms with Crippen LogP contribution in [0.5, 0.6) is 0 Å². The first-order chi connectivity index (χ1) is 18.5. The molecule has 0 aliphatic carbocycles. The summed E-state index contributed by atoms with van der Waals surface area (Å²) in [7, 11) is 16.2. The Bertz CT molecular complexity index is 1190. The van der Waals surface area contributed by atoms with Crippen LogP contribution in [-0.2, 0) is 0 Å². The Morgan fingerprint density at radius 1 is 0.487 bits per heavy atom. The van der Waals surface area contributed by atoms with Gasteiger partial charge in [0, 0.05) is 101 Å². The van der Waals surface area contributed by atoms with Crippen molar-refractivity contribution in [1.29, 1.82) is 0 Å². The summed E-state index contributed by atoms with van der Waals surface area (Å²) in [5, 5.41) is 3.44. The van der Waals surface area contributed by atoms with E-state index in [0.717, 1.165) is 27.2 Å². The normalized spacial score (nSPS) is 9.77. The molecule has 0 saturated heterocycles. The van der Waals surface area contributed by atoms with Crippen LogP contribution >= 0.6 is 15.9 Å². The number of nitrogen functional groups attached to an aromatic ring is 1. The lowest BCUT2D eigenvalue weighted by Gasteiger charge is -2.16. The van der Waals surface area contributed by atoms with Crippen LogP contribution in [0.15, 0.2) is 102 Å². The Balaban J connectivity index is 0.000000225. The van der Waals surface area contributed by atoms with Crippen LogP contribution in [0.1, 0.15) is 0 Å². The standard InChI is InChI=1S/C16H21N3.C8H10BrN.C8H12N2/c1-18(2)15-9-5-7-13(11-15)17-14-8-6-10-16(12-14)19(3)4;2*1-10(2)8-5-3-4-7(9)6-8/h5-12,17H,1-4H3;3-6H,1-2H3;3-6H,9H2,1-2H3. The average Bonchev–Trinajstić information content (AvgIpc) is 2.90. The molecule has 0 spiro atoms. The molecular weight excluding hydrogens is 548 g/mol. The van der Waals surface area contributed by atoms with Crippen molar-refractivity contribution in [3.05, 3.63) is 102 Å². The van der Waals surface area contributed by atoms with Gasteiger partial charge in [0.05, 0.1) is 0 Å². The number of hydrogen-bond acceptors (Lipinski definition) is 6. The summed E-state index contributed by atoms with van der Waals surface area (Å²) < 4.78 is 1.12. The molecule has 0 amide bonds. The van der Waals surface area contributed by atoms with Crippen LogP contribution in [-0.4, -0.2) is 56.4 Å². The Morgan fingerprint density at radius 3 is 1.18 bits per heavy atom. The zero-order valence-electron chi connectivity index (χ0n) is 24.5. The van der Waals surface area contributed by atoms with E-state index in [1.165, 1.54) is 17.1 Å². The quantitative estimate of drug-likeness (QED) is 0.228. The number of hydrogen-bond donors (Lipinski definition) is 2. The van der Waals surface area contributed by atoms with Crippen molar-refractivity contribution in [2.24, 2.45) is 0 Å². The Labute approximate surface area is 243 Å². The van der Waals surface area contributed by atoms with Crippen molar-refractivity contribution in [3.8, 4) is 0 Å². The molecular formula is C32H43BrN6. The first-order valence-corrected chi connectivity index (χ1v) is 13.5. The highest BCUT2D eigenvalue weighted by atomic mass is 79.9. The molecule has 39 heavy (non-hydrogen) atoms. The van der Waals surface area contributed by atoms with Gasteiger partial charge in [0.25, 0.3) is 0 Å². The molecule has 3 N–H and O–H groups in total. The van der Waals surface area contributed by atoms with Gasteiger partial charge in [0.2, 0.25) is 0 Å². The molecule has 4 aromatic carbocycles. The highest BCUT2D eigenvalue weighted by molar-refractivity contribution is 9.10. The van der Waals surface area contributed by atoms with Crippen LogP contribution in [0.4, 0.5) is 39.8 Å². The van der Waals surface area contributed by atoms with Gasteiger partial charge >= 0.3 is 0 Å². The highest BCUT2D eigenvalue weighted by Gasteiger charge is 2.01. The zero-order chi connectivity index (χ0) is 28.9. The number of nitrogens with one attached hydrogen (secondary N) is 1. The molecule has 6 nitrogen and oxygen atoms in total. The third-order valence-electron chi connectivity index (χ3n) is 5.72. The van der Waals surface area contributed by atoms with E-state index < -0.39 is 0 Å². The zero-order valence-corrected chi connectivity index (χ0v) is 26.1. The number of benzene rings is 4. The van der Waals surface area contributed by atoms with Crippen molar-refractivity contribution in [2.75, 3.05) is 87.0 Å². The minimum Gasteiger partial charge on any atom is -0.399 e. The molecule has 0 aliphatic heterocycles. The molecule has 0 atom stereocenters. The lowest BCUT2D eigenvalue weighted by Crippen LogP contribution is -2.09. The fourth-order valence-electron chi connectivity index (χ4n) is 3.45. The predicted molar refractivity (Wildman–Crippen MR) is 178 cm³/mol.